The lowest BCUT2D eigenvalue weighted by atomic mass is 10.0. The smallest absolute Gasteiger partial charge is 0.303 e. The number of halogens is 2. The summed E-state index contributed by atoms with van der Waals surface area (Å²) in [6.45, 7) is 0.839. The SMILES string of the molecule is Cc1cc(CCCC(=O)O)cc(F)c1CF. The van der Waals surface area contributed by atoms with Gasteiger partial charge in [-0.05, 0) is 37.0 Å². The molecule has 0 aliphatic heterocycles. The number of aliphatic carboxylic acids is 1. The van der Waals surface area contributed by atoms with Crippen molar-refractivity contribution in [3.63, 3.8) is 0 Å². The summed E-state index contributed by atoms with van der Waals surface area (Å²) in [7, 11) is 0. The van der Waals surface area contributed by atoms with Crippen LogP contribution in [-0.2, 0) is 17.9 Å². The van der Waals surface area contributed by atoms with Crippen molar-refractivity contribution in [3.05, 3.63) is 34.6 Å². The highest BCUT2D eigenvalue weighted by molar-refractivity contribution is 5.66. The topological polar surface area (TPSA) is 37.3 Å². The van der Waals surface area contributed by atoms with Crippen molar-refractivity contribution in [1.82, 2.24) is 0 Å². The Balaban J connectivity index is 2.72. The van der Waals surface area contributed by atoms with Gasteiger partial charge >= 0.3 is 5.97 Å². The van der Waals surface area contributed by atoms with E-state index in [0.717, 1.165) is 0 Å². The largest absolute Gasteiger partial charge is 0.481 e. The zero-order valence-corrected chi connectivity index (χ0v) is 9.09. The van der Waals surface area contributed by atoms with E-state index >= 15 is 0 Å². The van der Waals surface area contributed by atoms with Crippen LogP contribution in [0.4, 0.5) is 8.78 Å². The maximum atomic E-state index is 13.3. The third-order valence-electron chi connectivity index (χ3n) is 2.47. The van der Waals surface area contributed by atoms with E-state index in [1.54, 1.807) is 13.0 Å². The second kappa shape index (κ2) is 5.58. The first kappa shape index (κ1) is 12.6. The normalized spacial score (nSPS) is 10.4. The first-order chi connectivity index (χ1) is 7.54. The molecule has 0 saturated carbocycles. The van der Waals surface area contributed by atoms with Crippen molar-refractivity contribution < 1.29 is 18.7 Å². The van der Waals surface area contributed by atoms with E-state index in [-0.39, 0.29) is 12.0 Å². The maximum absolute atomic E-state index is 13.3. The fourth-order valence-electron chi connectivity index (χ4n) is 1.60. The van der Waals surface area contributed by atoms with Crippen LogP contribution in [-0.4, -0.2) is 11.1 Å². The van der Waals surface area contributed by atoms with Crippen molar-refractivity contribution >= 4 is 5.97 Å². The monoisotopic (exact) mass is 228 g/mol. The molecule has 0 bridgehead atoms. The van der Waals surface area contributed by atoms with Gasteiger partial charge in [-0.3, -0.25) is 4.79 Å². The van der Waals surface area contributed by atoms with Gasteiger partial charge in [0.25, 0.3) is 0 Å². The van der Waals surface area contributed by atoms with Gasteiger partial charge < -0.3 is 5.11 Å². The van der Waals surface area contributed by atoms with Crippen LogP contribution in [0.3, 0.4) is 0 Å². The Morgan fingerprint density at radius 1 is 1.44 bits per heavy atom. The molecule has 0 aromatic heterocycles. The molecule has 4 heteroatoms. The summed E-state index contributed by atoms with van der Waals surface area (Å²) in [5.41, 5.74) is 1.38. The average Bonchev–Trinajstić information content (AvgIpc) is 2.16. The number of hydrogen-bond acceptors (Lipinski definition) is 1. The third-order valence-corrected chi connectivity index (χ3v) is 2.47. The molecule has 0 spiro atoms. The summed E-state index contributed by atoms with van der Waals surface area (Å²) in [5, 5.41) is 8.46. The number of carbonyl (C=O) groups is 1. The number of aryl methyl sites for hydroxylation is 2. The molecule has 0 heterocycles. The van der Waals surface area contributed by atoms with E-state index < -0.39 is 18.5 Å². The van der Waals surface area contributed by atoms with Gasteiger partial charge in [0.2, 0.25) is 0 Å². The molecule has 0 aliphatic carbocycles. The molecular formula is C12H14F2O2. The van der Waals surface area contributed by atoms with Crippen LogP contribution in [0.5, 0.6) is 0 Å². The number of carboxylic acids is 1. The number of hydrogen-bond donors (Lipinski definition) is 1. The van der Waals surface area contributed by atoms with Gasteiger partial charge in [0.05, 0.1) is 0 Å². The van der Waals surface area contributed by atoms with Gasteiger partial charge in [0, 0.05) is 12.0 Å². The van der Waals surface area contributed by atoms with Crippen molar-refractivity contribution in [2.24, 2.45) is 0 Å². The van der Waals surface area contributed by atoms with E-state index in [0.29, 0.717) is 24.0 Å². The Kier molecular flexibility index (Phi) is 4.40. The lowest BCUT2D eigenvalue weighted by Gasteiger charge is -2.07. The van der Waals surface area contributed by atoms with Crippen molar-refractivity contribution in [3.8, 4) is 0 Å². The molecule has 0 saturated heterocycles. The Hall–Kier alpha value is -1.45. The minimum absolute atomic E-state index is 0.0610. The molecule has 2 nitrogen and oxygen atoms in total. The fraction of sp³-hybridized carbons (Fsp3) is 0.417. The van der Waals surface area contributed by atoms with Gasteiger partial charge in [0.15, 0.2) is 0 Å². The maximum Gasteiger partial charge on any atom is 0.303 e. The molecule has 1 aromatic rings. The Labute approximate surface area is 92.9 Å². The van der Waals surface area contributed by atoms with Crippen LogP contribution < -0.4 is 0 Å². The number of rotatable bonds is 5. The summed E-state index contributed by atoms with van der Waals surface area (Å²) < 4.78 is 25.8. The molecule has 16 heavy (non-hydrogen) atoms. The Morgan fingerprint density at radius 3 is 2.62 bits per heavy atom. The van der Waals surface area contributed by atoms with Crippen molar-refractivity contribution in [1.29, 1.82) is 0 Å². The van der Waals surface area contributed by atoms with Gasteiger partial charge in [0.1, 0.15) is 12.5 Å². The van der Waals surface area contributed by atoms with Crippen LogP contribution in [0.2, 0.25) is 0 Å². The van der Waals surface area contributed by atoms with Crippen LogP contribution in [0.25, 0.3) is 0 Å². The predicted octanol–water partition coefficient (Wildman–Crippen LogP) is 3.01. The zero-order chi connectivity index (χ0) is 12.1. The van der Waals surface area contributed by atoms with Crippen LogP contribution in [0, 0.1) is 12.7 Å². The van der Waals surface area contributed by atoms with E-state index in [4.69, 9.17) is 5.11 Å². The predicted molar refractivity (Wildman–Crippen MR) is 56.5 cm³/mol. The molecule has 1 N–H and O–H groups in total. The molecule has 0 atom stereocenters. The van der Waals surface area contributed by atoms with Crippen LogP contribution in [0.1, 0.15) is 29.5 Å². The molecule has 1 aromatic carbocycles. The van der Waals surface area contributed by atoms with Crippen LogP contribution >= 0.6 is 0 Å². The zero-order valence-electron chi connectivity index (χ0n) is 9.09. The molecular weight excluding hydrogens is 214 g/mol. The van der Waals surface area contributed by atoms with Gasteiger partial charge in [-0.25, -0.2) is 8.78 Å². The summed E-state index contributed by atoms with van der Waals surface area (Å²) in [4.78, 5) is 10.3. The van der Waals surface area contributed by atoms with Crippen molar-refractivity contribution in [2.75, 3.05) is 0 Å². The molecule has 0 unspecified atom stereocenters. The van der Waals surface area contributed by atoms with Gasteiger partial charge in [-0.2, -0.15) is 0 Å². The highest BCUT2D eigenvalue weighted by Gasteiger charge is 2.08. The highest BCUT2D eigenvalue weighted by atomic mass is 19.1. The summed E-state index contributed by atoms with van der Waals surface area (Å²) in [5.74, 6) is -1.41. The lowest BCUT2D eigenvalue weighted by Crippen LogP contribution is -1.98. The van der Waals surface area contributed by atoms with E-state index in [2.05, 4.69) is 0 Å². The first-order valence-electron chi connectivity index (χ1n) is 5.10. The summed E-state index contributed by atoms with van der Waals surface area (Å²) in [6.07, 6.45) is 1.02. The molecule has 0 fully saturated rings. The second-order valence-corrected chi connectivity index (χ2v) is 3.75. The number of carboxylic acid groups (broad SMARTS) is 1. The second-order valence-electron chi connectivity index (χ2n) is 3.75. The van der Waals surface area contributed by atoms with Gasteiger partial charge in [-0.1, -0.05) is 6.07 Å². The summed E-state index contributed by atoms with van der Waals surface area (Å²) in [6, 6.07) is 2.99. The molecule has 0 aliphatic rings. The minimum atomic E-state index is -0.863. The van der Waals surface area contributed by atoms with E-state index in [1.165, 1.54) is 6.07 Å². The highest BCUT2D eigenvalue weighted by Crippen LogP contribution is 2.18. The summed E-state index contributed by atoms with van der Waals surface area (Å²) >= 11 is 0. The molecule has 88 valence electrons. The lowest BCUT2D eigenvalue weighted by molar-refractivity contribution is -0.137. The van der Waals surface area contributed by atoms with Crippen molar-refractivity contribution in [2.45, 2.75) is 32.9 Å². The standard InChI is InChI=1S/C12H14F2O2/c1-8-5-9(3-2-4-12(15)16)6-11(14)10(8)7-13/h5-6H,2-4,7H2,1H3,(H,15,16). The third kappa shape index (κ3) is 3.29. The van der Waals surface area contributed by atoms with E-state index in [9.17, 15) is 13.6 Å². The average molecular weight is 228 g/mol. The minimum Gasteiger partial charge on any atom is -0.481 e. The quantitative estimate of drug-likeness (QED) is 0.841. The Bertz CT molecular complexity index is 366. The van der Waals surface area contributed by atoms with Gasteiger partial charge in [-0.15, -0.1) is 0 Å². The van der Waals surface area contributed by atoms with Crippen LogP contribution in [0.15, 0.2) is 12.1 Å². The first-order valence-corrected chi connectivity index (χ1v) is 5.10. The Morgan fingerprint density at radius 2 is 2.12 bits per heavy atom. The molecule has 0 amide bonds. The number of alkyl halides is 1. The van der Waals surface area contributed by atoms with E-state index in [1.807, 2.05) is 0 Å². The molecule has 0 radical (unpaired) electrons. The molecule has 1 rings (SSSR count). The fourth-order valence-corrected chi connectivity index (χ4v) is 1.60. The number of benzene rings is 1.